The average Bonchev–Trinajstić information content (AvgIpc) is 2.51. The van der Waals surface area contributed by atoms with Gasteiger partial charge in [-0.1, -0.05) is 58.8 Å². The summed E-state index contributed by atoms with van der Waals surface area (Å²) < 4.78 is 0. The van der Waals surface area contributed by atoms with Crippen molar-refractivity contribution in [1.82, 2.24) is 5.32 Å². The Hall–Kier alpha value is -0.0400. The molecule has 1 saturated heterocycles. The number of nitrogens with one attached hydrogen (secondary N) is 1. The van der Waals surface area contributed by atoms with Crippen molar-refractivity contribution >= 4 is 0 Å². The Kier molecular flexibility index (Phi) is 12.9. The zero-order chi connectivity index (χ0) is 10.5. The number of unbranched alkanes of at least 4 members (excludes halogenated alkanes) is 4. The Morgan fingerprint density at radius 2 is 1.21 bits per heavy atom. The summed E-state index contributed by atoms with van der Waals surface area (Å²) in [4.78, 5) is 0. The van der Waals surface area contributed by atoms with Crippen molar-refractivity contribution in [3.8, 4) is 0 Å². The highest BCUT2D eigenvalue weighted by Crippen LogP contribution is 2.01. The second kappa shape index (κ2) is 13.0. The van der Waals surface area contributed by atoms with Gasteiger partial charge in [0, 0.05) is 0 Å². The van der Waals surface area contributed by atoms with E-state index in [9.17, 15) is 0 Å². The fraction of sp³-hybridized carbons (Fsp3) is 1.00. The third-order valence-electron chi connectivity index (χ3n) is 2.66. The van der Waals surface area contributed by atoms with Gasteiger partial charge in [0.05, 0.1) is 0 Å². The Labute approximate surface area is 90.7 Å². The molecule has 14 heavy (non-hydrogen) atoms. The predicted molar refractivity (Wildman–Crippen MR) is 65.8 cm³/mol. The van der Waals surface area contributed by atoms with Gasteiger partial charge in [-0.05, 0) is 25.9 Å². The lowest BCUT2D eigenvalue weighted by Crippen LogP contribution is -2.12. The normalized spacial score (nSPS) is 16.7. The summed E-state index contributed by atoms with van der Waals surface area (Å²) >= 11 is 0. The summed E-state index contributed by atoms with van der Waals surface area (Å²) in [6.07, 6.45) is 12.7. The third kappa shape index (κ3) is 12.0. The number of hydrogen-bond donors (Lipinski definition) is 1. The van der Waals surface area contributed by atoms with E-state index >= 15 is 0 Å². The van der Waals surface area contributed by atoms with E-state index in [2.05, 4.69) is 19.2 Å². The molecule has 1 aliphatic rings. The van der Waals surface area contributed by atoms with Gasteiger partial charge in [0.25, 0.3) is 0 Å². The van der Waals surface area contributed by atoms with E-state index in [4.69, 9.17) is 0 Å². The minimum absolute atomic E-state index is 1.25. The monoisotopic (exact) mass is 199 g/mol. The highest BCUT2D eigenvalue weighted by Gasteiger charge is 1.94. The van der Waals surface area contributed by atoms with Crippen LogP contribution in [0.2, 0.25) is 0 Å². The molecule has 86 valence electrons. The lowest BCUT2D eigenvalue weighted by Gasteiger charge is -1.91. The Morgan fingerprint density at radius 3 is 1.64 bits per heavy atom. The van der Waals surface area contributed by atoms with Crippen LogP contribution in [0.25, 0.3) is 0 Å². The van der Waals surface area contributed by atoms with Crippen molar-refractivity contribution < 1.29 is 0 Å². The first-order valence-electron chi connectivity index (χ1n) is 6.62. The summed E-state index contributed by atoms with van der Waals surface area (Å²) in [6.45, 7) is 6.99. The Bertz CT molecular complexity index is 67.6. The van der Waals surface area contributed by atoms with E-state index in [-0.39, 0.29) is 0 Å². The lowest BCUT2D eigenvalue weighted by atomic mass is 10.2. The van der Waals surface area contributed by atoms with Crippen molar-refractivity contribution in [2.45, 2.75) is 71.6 Å². The van der Waals surface area contributed by atoms with Crippen LogP contribution >= 0.6 is 0 Å². The van der Waals surface area contributed by atoms with E-state index in [1.165, 1.54) is 70.9 Å². The van der Waals surface area contributed by atoms with Crippen LogP contribution in [-0.2, 0) is 0 Å². The van der Waals surface area contributed by atoms with Gasteiger partial charge in [-0.2, -0.15) is 0 Å². The molecule has 1 nitrogen and oxygen atoms in total. The molecule has 0 aromatic heterocycles. The first-order chi connectivity index (χ1) is 6.91. The second-order valence-electron chi connectivity index (χ2n) is 4.22. The maximum absolute atomic E-state index is 3.35. The first-order valence-corrected chi connectivity index (χ1v) is 6.62. The molecule has 0 aliphatic carbocycles. The van der Waals surface area contributed by atoms with Crippen LogP contribution in [-0.4, -0.2) is 13.1 Å². The zero-order valence-electron chi connectivity index (χ0n) is 10.3. The second-order valence-corrected chi connectivity index (χ2v) is 4.22. The van der Waals surface area contributed by atoms with Gasteiger partial charge < -0.3 is 5.32 Å². The van der Waals surface area contributed by atoms with Gasteiger partial charge in [-0.15, -0.1) is 0 Å². The molecule has 0 bridgehead atoms. The molecule has 1 N–H and O–H groups in total. The summed E-state index contributed by atoms with van der Waals surface area (Å²) in [5.74, 6) is 0. The van der Waals surface area contributed by atoms with E-state index < -0.39 is 0 Å². The summed E-state index contributed by atoms with van der Waals surface area (Å²) in [7, 11) is 0. The van der Waals surface area contributed by atoms with Crippen LogP contribution in [0.3, 0.4) is 0 Å². The molecule has 1 fully saturated rings. The Morgan fingerprint density at radius 1 is 0.714 bits per heavy atom. The minimum Gasteiger partial charge on any atom is -0.317 e. The highest BCUT2D eigenvalue weighted by atomic mass is 14.8. The van der Waals surface area contributed by atoms with Crippen molar-refractivity contribution in [1.29, 1.82) is 0 Å². The van der Waals surface area contributed by atoms with Crippen molar-refractivity contribution in [2.24, 2.45) is 0 Å². The molecular formula is C13H29N. The molecule has 0 aromatic carbocycles. The summed E-state index contributed by atoms with van der Waals surface area (Å²) in [5.41, 5.74) is 0. The Balaban J connectivity index is 0.000000241. The van der Waals surface area contributed by atoms with Gasteiger partial charge in [-0.25, -0.2) is 0 Å². The topological polar surface area (TPSA) is 12.0 Å². The molecule has 0 spiro atoms. The fourth-order valence-electron chi connectivity index (χ4n) is 1.66. The van der Waals surface area contributed by atoms with E-state index in [1.807, 2.05) is 0 Å². The van der Waals surface area contributed by atoms with Crippen LogP contribution in [0.1, 0.15) is 71.6 Å². The van der Waals surface area contributed by atoms with Gasteiger partial charge in [0.1, 0.15) is 0 Å². The van der Waals surface area contributed by atoms with Crippen LogP contribution in [0.5, 0.6) is 0 Å². The molecule has 1 heterocycles. The molecule has 1 heteroatoms. The van der Waals surface area contributed by atoms with Gasteiger partial charge in [-0.3, -0.25) is 0 Å². The molecule has 1 aliphatic heterocycles. The van der Waals surface area contributed by atoms with Gasteiger partial charge >= 0.3 is 0 Å². The lowest BCUT2D eigenvalue weighted by molar-refractivity contribution is 0.656. The molecule has 0 atom stereocenters. The SMILES string of the molecule is C1CCCNCC1.CCCCCCC. The number of rotatable bonds is 4. The predicted octanol–water partition coefficient (Wildman–Crippen LogP) is 4.13. The third-order valence-corrected chi connectivity index (χ3v) is 2.66. The molecule has 0 amide bonds. The minimum atomic E-state index is 1.25. The quantitative estimate of drug-likeness (QED) is 0.671. The molecule has 0 radical (unpaired) electrons. The van der Waals surface area contributed by atoms with Crippen molar-refractivity contribution in [3.63, 3.8) is 0 Å². The number of hydrogen-bond acceptors (Lipinski definition) is 1. The smallest absolute Gasteiger partial charge is 0.00489 e. The van der Waals surface area contributed by atoms with E-state index in [0.29, 0.717) is 0 Å². The maximum atomic E-state index is 3.35. The van der Waals surface area contributed by atoms with Crippen molar-refractivity contribution in [3.05, 3.63) is 0 Å². The van der Waals surface area contributed by atoms with Crippen LogP contribution in [0, 0.1) is 0 Å². The van der Waals surface area contributed by atoms with Crippen molar-refractivity contribution in [2.75, 3.05) is 13.1 Å². The van der Waals surface area contributed by atoms with E-state index in [1.54, 1.807) is 0 Å². The molecular weight excluding hydrogens is 170 g/mol. The van der Waals surface area contributed by atoms with Gasteiger partial charge in [0.15, 0.2) is 0 Å². The van der Waals surface area contributed by atoms with Gasteiger partial charge in [0.2, 0.25) is 0 Å². The fourth-order valence-corrected chi connectivity index (χ4v) is 1.66. The highest BCUT2D eigenvalue weighted by molar-refractivity contribution is 4.54. The molecule has 1 rings (SSSR count). The zero-order valence-corrected chi connectivity index (χ0v) is 10.3. The standard InChI is InChI=1S/C7H16.C6H13N/c1-3-5-7-6-4-2;1-2-4-6-7-5-3-1/h3-7H2,1-2H3;7H,1-6H2. The average molecular weight is 199 g/mol. The first kappa shape index (κ1) is 14.0. The molecule has 0 unspecified atom stereocenters. The van der Waals surface area contributed by atoms with Crippen LogP contribution in [0.4, 0.5) is 0 Å². The molecule has 0 aromatic rings. The maximum Gasteiger partial charge on any atom is -0.00489 e. The van der Waals surface area contributed by atoms with Crippen LogP contribution in [0.15, 0.2) is 0 Å². The molecule has 0 saturated carbocycles. The van der Waals surface area contributed by atoms with E-state index in [0.717, 1.165) is 0 Å². The summed E-state index contributed by atoms with van der Waals surface area (Å²) in [5, 5.41) is 3.35. The largest absolute Gasteiger partial charge is 0.317 e. The summed E-state index contributed by atoms with van der Waals surface area (Å²) in [6, 6.07) is 0. The van der Waals surface area contributed by atoms with Crippen LogP contribution < -0.4 is 5.32 Å².